The highest BCUT2D eigenvalue weighted by molar-refractivity contribution is 7.98. The summed E-state index contributed by atoms with van der Waals surface area (Å²) in [5, 5.41) is 5.33. The molecule has 29 heavy (non-hydrogen) atoms. The summed E-state index contributed by atoms with van der Waals surface area (Å²) < 4.78 is 7.90. The Morgan fingerprint density at radius 1 is 1.10 bits per heavy atom. The summed E-state index contributed by atoms with van der Waals surface area (Å²) in [5.74, 6) is 0.0571. The van der Waals surface area contributed by atoms with Crippen LogP contribution in [0.1, 0.15) is 5.56 Å². The van der Waals surface area contributed by atoms with Gasteiger partial charge in [-0.15, -0.1) is 0 Å². The lowest BCUT2D eigenvalue weighted by atomic mass is 10.2. The van der Waals surface area contributed by atoms with E-state index in [2.05, 4.69) is 10.1 Å². The van der Waals surface area contributed by atoms with E-state index in [1.807, 2.05) is 42.6 Å². The van der Waals surface area contributed by atoms with E-state index in [1.54, 1.807) is 29.1 Å². The number of nitrogens with zero attached hydrogens (tertiary/aromatic N) is 4. The summed E-state index contributed by atoms with van der Waals surface area (Å²) in [6.45, 7) is -0.182. The molecule has 2 heterocycles. The van der Waals surface area contributed by atoms with Crippen molar-refractivity contribution in [3.8, 4) is 5.69 Å². The van der Waals surface area contributed by atoms with E-state index in [0.29, 0.717) is 21.8 Å². The third kappa shape index (κ3) is 4.07. The van der Waals surface area contributed by atoms with Crippen molar-refractivity contribution in [1.29, 1.82) is 0 Å². The second kappa shape index (κ2) is 8.32. The van der Waals surface area contributed by atoms with Crippen molar-refractivity contribution >= 4 is 28.6 Å². The highest BCUT2D eigenvalue weighted by Gasteiger charge is 2.15. The first kappa shape index (κ1) is 18.9. The second-order valence-electron chi connectivity index (χ2n) is 6.30. The van der Waals surface area contributed by atoms with Crippen LogP contribution in [0.15, 0.2) is 76.9 Å². The maximum Gasteiger partial charge on any atom is 0.325 e. The molecule has 0 aliphatic rings. The van der Waals surface area contributed by atoms with E-state index in [4.69, 9.17) is 4.74 Å². The first-order valence-corrected chi connectivity index (χ1v) is 9.92. The van der Waals surface area contributed by atoms with Gasteiger partial charge in [-0.3, -0.25) is 14.2 Å². The van der Waals surface area contributed by atoms with Crippen LogP contribution in [-0.2, 0) is 21.8 Å². The molecule has 7 nitrogen and oxygen atoms in total. The highest BCUT2D eigenvalue weighted by atomic mass is 32.2. The number of carbonyl (C=O) groups excluding carboxylic acids is 1. The molecule has 146 valence electrons. The number of carbonyl (C=O) groups is 1. The zero-order chi connectivity index (χ0) is 20.2. The van der Waals surface area contributed by atoms with Crippen molar-refractivity contribution in [3.05, 3.63) is 82.9 Å². The molecule has 0 bridgehead atoms. The molecular weight excluding hydrogens is 388 g/mol. The molecule has 2 aromatic carbocycles. The third-order valence-corrected chi connectivity index (χ3v) is 5.41. The van der Waals surface area contributed by atoms with Gasteiger partial charge in [-0.1, -0.05) is 42.1 Å². The fourth-order valence-corrected chi connectivity index (χ4v) is 3.81. The minimum atomic E-state index is -0.497. The molecule has 4 rings (SSSR count). The lowest BCUT2D eigenvalue weighted by Crippen LogP contribution is -2.27. The van der Waals surface area contributed by atoms with Crippen LogP contribution >= 0.6 is 11.8 Å². The summed E-state index contributed by atoms with van der Waals surface area (Å²) in [5.41, 5.74) is 2.28. The molecule has 0 aliphatic carbocycles. The SMILES string of the molecule is COC(=O)Cn1c(SCc2cnn(-c3ccccc3)c2)nc2ccccc2c1=O. The van der Waals surface area contributed by atoms with E-state index < -0.39 is 5.97 Å². The largest absolute Gasteiger partial charge is 0.468 e. The fourth-order valence-electron chi connectivity index (χ4n) is 2.90. The molecular formula is C21H18N4O3S. The molecule has 0 saturated carbocycles. The van der Waals surface area contributed by atoms with Crippen molar-refractivity contribution < 1.29 is 9.53 Å². The van der Waals surface area contributed by atoms with Gasteiger partial charge in [-0.05, 0) is 24.3 Å². The Morgan fingerprint density at radius 2 is 1.86 bits per heavy atom. The Kier molecular flexibility index (Phi) is 5.44. The molecule has 4 aromatic rings. The van der Waals surface area contributed by atoms with Crippen LogP contribution < -0.4 is 5.56 Å². The van der Waals surface area contributed by atoms with Gasteiger partial charge in [0.05, 0.1) is 29.9 Å². The Balaban J connectivity index is 1.63. The average molecular weight is 406 g/mol. The molecule has 0 atom stereocenters. The minimum Gasteiger partial charge on any atom is -0.468 e. The molecule has 0 radical (unpaired) electrons. The number of ether oxygens (including phenoxy) is 1. The molecule has 8 heteroatoms. The Morgan fingerprint density at radius 3 is 2.66 bits per heavy atom. The normalized spacial score (nSPS) is 10.9. The quantitative estimate of drug-likeness (QED) is 0.278. The topological polar surface area (TPSA) is 79.0 Å². The number of fused-ring (bicyclic) bond motifs is 1. The lowest BCUT2D eigenvalue weighted by Gasteiger charge is -2.11. The third-order valence-electron chi connectivity index (χ3n) is 4.37. The van der Waals surface area contributed by atoms with Gasteiger partial charge in [0.15, 0.2) is 5.16 Å². The molecule has 0 aliphatic heterocycles. The zero-order valence-corrected chi connectivity index (χ0v) is 16.5. The zero-order valence-electron chi connectivity index (χ0n) is 15.7. The van der Waals surface area contributed by atoms with Gasteiger partial charge in [0.25, 0.3) is 5.56 Å². The summed E-state index contributed by atoms with van der Waals surface area (Å²) in [6.07, 6.45) is 3.72. The molecule has 0 fully saturated rings. The number of thioether (sulfide) groups is 1. The summed E-state index contributed by atoms with van der Waals surface area (Å²) in [4.78, 5) is 29.3. The second-order valence-corrected chi connectivity index (χ2v) is 7.24. The maximum atomic E-state index is 12.9. The highest BCUT2D eigenvalue weighted by Crippen LogP contribution is 2.22. The van der Waals surface area contributed by atoms with Crippen molar-refractivity contribution in [1.82, 2.24) is 19.3 Å². The molecule has 0 saturated heterocycles. The van der Waals surface area contributed by atoms with Crippen LogP contribution in [0.5, 0.6) is 0 Å². The average Bonchev–Trinajstić information content (AvgIpc) is 3.24. The van der Waals surface area contributed by atoms with Gasteiger partial charge in [0.1, 0.15) is 6.54 Å². The Bertz CT molecular complexity index is 1220. The molecule has 0 amide bonds. The number of methoxy groups -OCH3 is 1. The van der Waals surface area contributed by atoms with Crippen LogP contribution in [0.25, 0.3) is 16.6 Å². The number of hydrogen-bond acceptors (Lipinski definition) is 6. The van der Waals surface area contributed by atoms with Crippen LogP contribution in [0.3, 0.4) is 0 Å². The van der Waals surface area contributed by atoms with E-state index in [9.17, 15) is 9.59 Å². The number of aromatic nitrogens is 4. The van der Waals surface area contributed by atoms with Gasteiger partial charge >= 0.3 is 5.97 Å². The number of benzene rings is 2. The summed E-state index contributed by atoms with van der Waals surface area (Å²) in [6, 6.07) is 16.9. The molecule has 2 aromatic heterocycles. The number of rotatable bonds is 6. The van der Waals surface area contributed by atoms with Crippen molar-refractivity contribution in [3.63, 3.8) is 0 Å². The van der Waals surface area contributed by atoms with Crippen molar-refractivity contribution in [2.24, 2.45) is 0 Å². The molecule has 0 N–H and O–H groups in total. The molecule has 0 spiro atoms. The van der Waals surface area contributed by atoms with Gasteiger partial charge in [0, 0.05) is 17.5 Å². The van der Waals surface area contributed by atoms with Crippen molar-refractivity contribution in [2.75, 3.05) is 7.11 Å². The van der Waals surface area contributed by atoms with Crippen LogP contribution in [0.4, 0.5) is 0 Å². The lowest BCUT2D eigenvalue weighted by molar-refractivity contribution is -0.141. The van der Waals surface area contributed by atoms with Crippen LogP contribution in [0, 0.1) is 0 Å². The van der Waals surface area contributed by atoms with E-state index in [-0.39, 0.29) is 12.1 Å². The standard InChI is InChI=1S/C21H18N4O3S/c1-28-19(26)13-24-20(27)17-9-5-6-10-18(17)23-21(24)29-14-15-11-22-25(12-15)16-7-3-2-4-8-16/h2-12H,13-14H2,1H3. The fraction of sp³-hybridized carbons (Fsp3) is 0.143. The van der Waals surface area contributed by atoms with E-state index in [1.165, 1.54) is 23.4 Å². The molecule has 0 unspecified atom stereocenters. The van der Waals surface area contributed by atoms with Gasteiger partial charge in [-0.2, -0.15) is 5.10 Å². The first-order valence-electron chi connectivity index (χ1n) is 8.94. The predicted octanol–water partition coefficient (Wildman–Crippen LogP) is 3.05. The van der Waals surface area contributed by atoms with Gasteiger partial charge in [0.2, 0.25) is 0 Å². The maximum absolute atomic E-state index is 12.9. The number of esters is 1. The number of para-hydroxylation sites is 2. The smallest absolute Gasteiger partial charge is 0.325 e. The monoisotopic (exact) mass is 406 g/mol. The van der Waals surface area contributed by atoms with Gasteiger partial charge in [-0.25, -0.2) is 9.67 Å². The van der Waals surface area contributed by atoms with Crippen LogP contribution in [0.2, 0.25) is 0 Å². The Hall–Kier alpha value is -3.39. The first-order chi connectivity index (χ1) is 14.2. The minimum absolute atomic E-state index is 0.182. The Labute approximate surface area is 171 Å². The predicted molar refractivity (Wildman–Crippen MR) is 111 cm³/mol. The van der Waals surface area contributed by atoms with E-state index in [0.717, 1.165) is 11.3 Å². The summed E-state index contributed by atoms with van der Waals surface area (Å²) in [7, 11) is 1.30. The van der Waals surface area contributed by atoms with Crippen molar-refractivity contribution in [2.45, 2.75) is 17.5 Å². The summed E-state index contributed by atoms with van der Waals surface area (Å²) >= 11 is 1.38. The van der Waals surface area contributed by atoms with Crippen LogP contribution in [-0.4, -0.2) is 32.4 Å². The van der Waals surface area contributed by atoms with Gasteiger partial charge < -0.3 is 4.74 Å². The number of hydrogen-bond donors (Lipinski definition) is 0. The van der Waals surface area contributed by atoms with E-state index >= 15 is 0 Å².